The van der Waals surface area contributed by atoms with Gasteiger partial charge in [-0.2, -0.15) is 0 Å². The topological polar surface area (TPSA) is 102 Å². The largest absolute Gasteiger partial charge is 0.452 e. The lowest BCUT2D eigenvalue weighted by Crippen LogP contribution is -2.82. The fourth-order valence-electron chi connectivity index (χ4n) is 2.45. The van der Waals surface area contributed by atoms with Crippen molar-refractivity contribution in [3.63, 3.8) is 0 Å². The number of carbonyl (C=O) groups excluding carboxylic acids is 3. The molecule has 1 aromatic rings. The highest BCUT2D eigenvalue weighted by Gasteiger charge is 2.37. The Hall–Kier alpha value is -2.00. The number of thiazole rings is 1. The Kier molecular flexibility index (Phi) is 7.10. The number of cyclic esters (lactones) is 1. The number of ether oxygens (including phenoxy) is 2. The Morgan fingerprint density at radius 1 is 1.46 bits per heavy atom. The molecule has 0 radical (unpaired) electrons. The van der Waals surface area contributed by atoms with Crippen molar-refractivity contribution in [2.24, 2.45) is 0 Å². The first-order valence-corrected chi connectivity index (χ1v) is 9.58. The molecule has 1 aromatic heterocycles. The normalized spacial score (nSPS) is 17.0. The minimum atomic E-state index is -0.894. The van der Waals surface area contributed by atoms with Gasteiger partial charge in [-0.05, 0) is 20.8 Å². The Balaban J connectivity index is 1.88. The molecule has 0 spiro atoms. The highest BCUT2D eigenvalue weighted by atomic mass is 32.1. The van der Waals surface area contributed by atoms with E-state index in [-0.39, 0.29) is 13.0 Å². The lowest BCUT2D eigenvalue weighted by molar-refractivity contribution is -0.670. The number of nitrogens with zero attached hydrogens (tertiary/aromatic N) is 2. The summed E-state index contributed by atoms with van der Waals surface area (Å²) in [7, 11) is 0. The second kappa shape index (κ2) is 9.09. The zero-order valence-electron chi connectivity index (χ0n) is 15.4. The summed E-state index contributed by atoms with van der Waals surface area (Å²) in [5.41, 5.74) is -0.709. The zero-order chi connectivity index (χ0) is 19.2. The number of hydrogen-bond donors (Lipinski definition) is 1. The number of esters is 1. The van der Waals surface area contributed by atoms with Gasteiger partial charge in [-0.15, -0.1) is 11.3 Å². The van der Waals surface area contributed by atoms with E-state index in [2.05, 4.69) is 10.3 Å². The summed E-state index contributed by atoms with van der Waals surface area (Å²) in [6.45, 7) is 6.94. The van der Waals surface area contributed by atoms with E-state index < -0.39 is 29.7 Å². The number of nitrogens with two attached hydrogens (primary N) is 1. The van der Waals surface area contributed by atoms with E-state index in [1.54, 1.807) is 38.3 Å². The van der Waals surface area contributed by atoms with E-state index in [0.29, 0.717) is 12.8 Å². The summed E-state index contributed by atoms with van der Waals surface area (Å²) in [5.74, 6) is -0.922. The molecule has 1 aliphatic rings. The van der Waals surface area contributed by atoms with Crippen LogP contribution in [-0.2, 0) is 25.6 Å². The molecule has 1 aliphatic heterocycles. The van der Waals surface area contributed by atoms with E-state index in [1.165, 1.54) is 0 Å². The molecule has 26 heavy (non-hydrogen) atoms. The summed E-state index contributed by atoms with van der Waals surface area (Å²) >= 11 is 1.59. The van der Waals surface area contributed by atoms with Crippen LogP contribution in [0.1, 0.15) is 45.0 Å². The molecule has 8 nitrogen and oxygen atoms in total. The van der Waals surface area contributed by atoms with Crippen LogP contribution in [0.2, 0.25) is 0 Å². The Morgan fingerprint density at radius 2 is 2.23 bits per heavy atom. The fraction of sp³-hybridized carbons (Fsp3) is 0.647. The smallest absolute Gasteiger partial charge is 0.417 e. The first-order chi connectivity index (χ1) is 12.3. The van der Waals surface area contributed by atoms with Crippen LogP contribution in [0.3, 0.4) is 0 Å². The van der Waals surface area contributed by atoms with Crippen molar-refractivity contribution in [2.45, 2.75) is 58.3 Å². The highest BCUT2D eigenvalue weighted by Crippen LogP contribution is 2.18. The van der Waals surface area contributed by atoms with Crippen LogP contribution >= 0.6 is 11.3 Å². The quantitative estimate of drug-likeness (QED) is 0.557. The van der Waals surface area contributed by atoms with Crippen LogP contribution in [0.15, 0.2) is 11.6 Å². The van der Waals surface area contributed by atoms with Crippen LogP contribution in [-0.4, -0.2) is 52.6 Å². The highest BCUT2D eigenvalue weighted by molar-refractivity contribution is 7.09. The van der Waals surface area contributed by atoms with E-state index in [0.717, 1.165) is 23.0 Å². The number of imide groups is 1. The van der Waals surface area contributed by atoms with Crippen LogP contribution in [0.25, 0.3) is 0 Å². The molecule has 2 N–H and O–H groups in total. The van der Waals surface area contributed by atoms with Crippen LogP contribution in [0.4, 0.5) is 4.79 Å². The monoisotopic (exact) mass is 384 g/mol. The summed E-state index contributed by atoms with van der Waals surface area (Å²) < 4.78 is 10.3. The van der Waals surface area contributed by atoms with Gasteiger partial charge in [0.05, 0.1) is 6.54 Å². The average Bonchev–Trinajstić information content (AvgIpc) is 3.20. The number of hydrogen-bond acceptors (Lipinski definition) is 7. The zero-order valence-corrected chi connectivity index (χ0v) is 16.2. The molecular weight excluding hydrogens is 358 g/mol. The van der Waals surface area contributed by atoms with Crippen LogP contribution in [0, 0.1) is 0 Å². The van der Waals surface area contributed by atoms with Gasteiger partial charge in [-0.1, -0.05) is 0 Å². The van der Waals surface area contributed by atoms with E-state index >= 15 is 0 Å². The van der Waals surface area contributed by atoms with Gasteiger partial charge in [0.1, 0.15) is 17.2 Å². The molecule has 144 valence electrons. The van der Waals surface area contributed by atoms with Gasteiger partial charge in [0.2, 0.25) is 0 Å². The molecule has 0 aliphatic carbocycles. The molecule has 1 atom stereocenters. The summed E-state index contributed by atoms with van der Waals surface area (Å²) in [5, 5.41) is 5.03. The summed E-state index contributed by atoms with van der Waals surface area (Å²) in [4.78, 5) is 41.5. The molecule has 2 heterocycles. The lowest BCUT2D eigenvalue weighted by Gasteiger charge is -2.27. The van der Waals surface area contributed by atoms with E-state index in [1.807, 2.05) is 5.38 Å². The first kappa shape index (κ1) is 20.3. The second-order valence-electron chi connectivity index (χ2n) is 7.05. The maximum atomic E-state index is 12.6. The molecule has 0 saturated carbocycles. The second-order valence-corrected chi connectivity index (χ2v) is 8.03. The number of amides is 2. The van der Waals surface area contributed by atoms with Gasteiger partial charge in [-0.25, -0.2) is 14.7 Å². The van der Waals surface area contributed by atoms with Crippen molar-refractivity contribution >= 4 is 29.3 Å². The summed E-state index contributed by atoms with van der Waals surface area (Å²) in [6.07, 6.45) is 1.27. The Bertz CT molecular complexity index is 627. The number of rotatable bonds is 7. The van der Waals surface area contributed by atoms with Crippen molar-refractivity contribution in [3.05, 3.63) is 16.6 Å². The van der Waals surface area contributed by atoms with Gasteiger partial charge in [0, 0.05) is 37.4 Å². The predicted molar refractivity (Wildman–Crippen MR) is 94.3 cm³/mol. The van der Waals surface area contributed by atoms with Crippen molar-refractivity contribution < 1.29 is 29.2 Å². The van der Waals surface area contributed by atoms with Crippen molar-refractivity contribution in [3.8, 4) is 0 Å². The van der Waals surface area contributed by atoms with Gasteiger partial charge < -0.3 is 14.8 Å². The molecule has 2 amide bonds. The fourth-order valence-corrected chi connectivity index (χ4v) is 3.07. The SMILES string of the molecule is CC(C)(C)OC(=O)N(CCC[NH2+]Cc1nccs1)C(=O)[C@H]1CCC(=O)O1. The summed E-state index contributed by atoms with van der Waals surface area (Å²) in [6, 6.07) is 0. The Labute approximate surface area is 156 Å². The van der Waals surface area contributed by atoms with Gasteiger partial charge in [0.15, 0.2) is 6.10 Å². The number of quaternary nitrogens is 1. The first-order valence-electron chi connectivity index (χ1n) is 8.70. The molecule has 0 aromatic carbocycles. The molecule has 1 saturated heterocycles. The molecule has 0 unspecified atom stereocenters. The third kappa shape index (κ3) is 6.38. The van der Waals surface area contributed by atoms with Gasteiger partial charge in [0.25, 0.3) is 5.91 Å². The molecule has 9 heteroatoms. The number of aromatic nitrogens is 1. The average molecular weight is 384 g/mol. The van der Waals surface area contributed by atoms with Crippen molar-refractivity contribution in [2.75, 3.05) is 13.1 Å². The Morgan fingerprint density at radius 3 is 2.81 bits per heavy atom. The van der Waals surface area contributed by atoms with Gasteiger partial charge >= 0.3 is 12.1 Å². The van der Waals surface area contributed by atoms with Crippen molar-refractivity contribution in [1.82, 2.24) is 9.88 Å². The third-order valence-corrected chi connectivity index (χ3v) is 4.43. The van der Waals surface area contributed by atoms with Crippen LogP contribution in [0.5, 0.6) is 0 Å². The minimum absolute atomic E-state index is 0.195. The molecule has 0 bridgehead atoms. The van der Waals surface area contributed by atoms with Crippen molar-refractivity contribution in [1.29, 1.82) is 0 Å². The molecular formula is C17H26N3O5S+. The van der Waals surface area contributed by atoms with Gasteiger partial charge in [-0.3, -0.25) is 9.59 Å². The standard InChI is InChI=1S/C17H25N3O5S/c1-17(2,3)25-16(23)20(15(22)12-5-6-14(21)24-12)9-4-7-18-11-13-19-8-10-26-13/h8,10,12,18H,4-7,9,11H2,1-3H3/p+1/t12-/m1/s1. The van der Waals surface area contributed by atoms with E-state index in [4.69, 9.17) is 9.47 Å². The minimum Gasteiger partial charge on any atom is -0.452 e. The van der Waals surface area contributed by atoms with Crippen LogP contribution < -0.4 is 5.32 Å². The van der Waals surface area contributed by atoms with E-state index in [9.17, 15) is 14.4 Å². The molecule has 2 rings (SSSR count). The lowest BCUT2D eigenvalue weighted by atomic mass is 10.2. The number of carbonyl (C=O) groups is 3. The maximum Gasteiger partial charge on any atom is 0.417 e. The maximum absolute atomic E-state index is 12.6. The molecule has 1 fully saturated rings. The predicted octanol–water partition coefficient (Wildman–Crippen LogP) is 1.07. The third-order valence-electron chi connectivity index (χ3n) is 3.63.